The second-order valence-corrected chi connectivity index (χ2v) is 8.11. The lowest BCUT2D eigenvalue weighted by Crippen LogP contribution is -2.62. The molecular weight excluding hydrogens is 367 g/mol. The third kappa shape index (κ3) is 3.49. The second-order valence-electron chi connectivity index (χ2n) is 7.19. The Morgan fingerprint density at radius 3 is 2.70 bits per heavy atom. The van der Waals surface area contributed by atoms with Crippen molar-refractivity contribution in [2.24, 2.45) is 0 Å². The molecule has 3 heterocycles. The van der Waals surface area contributed by atoms with E-state index in [1.807, 2.05) is 23.3 Å². The van der Waals surface area contributed by atoms with Gasteiger partial charge in [-0.15, -0.1) is 11.3 Å². The molecule has 0 saturated carbocycles. The van der Waals surface area contributed by atoms with Crippen LogP contribution in [0.4, 0.5) is 10.1 Å². The molecule has 0 aliphatic carbocycles. The van der Waals surface area contributed by atoms with E-state index in [1.54, 1.807) is 17.0 Å². The highest BCUT2D eigenvalue weighted by Crippen LogP contribution is 2.33. The van der Waals surface area contributed by atoms with Gasteiger partial charge in [-0.25, -0.2) is 4.39 Å². The van der Waals surface area contributed by atoms with Gasteiger partial charge in [-0.2, -0.15) is 0 Å². The minimum Gasteiger partial charge on any atom is -0.361 e. The van der Waals surface area contributed by atoms with Gasteiger partial charge in [0, 0.05) is 12.2 Å². The molecule has 2 amide bonds. The Hall–Kier alpha value is -2.25. The number of hydrogen-bond donors (Lipinski definition) is 0. The molecule has 7 heteroatoms. The van der Waals surface area contributed by atoms with Gasteiger partial charge in [0.2, 0.25) is 0 Å². The normalized spacial score (nSPS) is 23.1. The zero-order valence-corrected chi connectivity index (χ0v) is 15.9. The largest absolute Gasteiger partial charge is 0.361 e. The van der Waals surface area contributed by atoms with Crippen LogP contribution in [-0.2, 0) is 9.53 Å². The van der Waals surface area contributed by atoms with Gasteiger partial charge in [-0.05, 0) is 61.0 Å². The number of benzene rings is 1. The number of nitrogens with zero attached hydrogens (tertiary/aromatic N) is 2. The molecule has 1 atom stereocenters. The fraction of sp³-hybridized carbons (Fsp3) is 0.400. The van der Waals surface area contributed by atoms with Crippen LogP contribution in [0, 0.1) is 12.7 Å². The average Bonchev–Trinajstić information content (AvgIpc) is 3.10. The third-order valence-corrected chi connectivity index (χ3v) is 6.27. The van der Waals surface area contributed by atoms with Crippen molar-refractivity contribution >= 4 is 28.8 Å². The third-order valence-electron chi connectivity index (χ3n) is 5.27. The van der Waals surface area contributed by atoms with E-state index in [2.05, 4.69) is 0 Å². The number of carbonyl (C=O) groups excluding carboxylic acids is 2. The van der Waals surface area contributed by atoms with Crippen LogP contribution in [0.5, 0.6) is 0 Å². The first-order valence-electron chi connectivity index (χ1n) is 9.01. The summed E-state index contributed by atoms with van der Waals surface area (Å²) in [6.45, 7) is 3.41. The zero-order valence-electron chi connectivity index (χ0n) is 15.1. The molecule has 5 nitrogen and oxygen atoms in total. The topological polar surface area (TPSA) is 49.9 Å². The highest BCUT2D eigenvalue weighted by atomic mass is 32.1. The Balaban J connectivity index is 1.55. The lowest BCUT2D eigenvalue weighted by molar-refractivity contribution is -0.144. The molecule has 1 aromatic carbocycles. The Kier molecular flexibility index (Phi) is 4.74. The van der Waals surface area contributed by atoms with E-state index in [9.17, 15) is 14.0 Å². The molecule has 2 aromatic rings. The number of anilines is 1. The number of carbonyl (C=O) groups is 2. The minimum absolute atomic E-state index is 0.0235. The van der Waals surface area contributed by atoms with Crippen molar-refractivity contribution in [2.75, 3.05) is 31.1 Å². The number of morpholine rings is 1. The number of halogens is 1. The van der Waals surface area contributed by atoms with Gasteiger partial charge in [-0.1, -0.05) is 0 Å². The Morgan fingerprint density at radius 1 is 1.22 bits per heavy atom. The monoisotopic (exact) mass is 388 g/mol. The number of amides is 2. The maximum absolute atomic E-state index is 13.2. The highest BCUT2D eigenvalue weighted by molar-refractivity contribution is 7.12. The molecule has 1 unspecified atom stereocenters. The van der Waals surface area contributed by atoms with Crippen molar-refractivity contribution in [2.45, 2.75) is 25.4 Å². The standard InChI is InChI=1S/C20H21FN2O3S/c1-14-7-10-27-18(14)19(25)22-9-2-8-20(12-22)13-23(17(24)11-26-20)16-5-3-15(21)4-6-16/h3-7,10H,2,8-9,11-13H2,1H3. The van der Waals surface area contributed by atoms with Crippen LogP contribution in [0.25, 0.3) is 0 Å². The molecule has 2 aliphatic rings. The average molecular weight is 388 g/mol. The van der Waals surface area contributed by atoms with Gasteiger partial charge in [0.25, 0.3) is 11.8 Å². The Labute approximate surface area is 161 Å². The van der Waals surface area contributed by atoms with Gasteiger partial charge in [0.05, 0.1) is 18.0 Å². The van der Waals surface area contributed by atoms with E-state index in [0.29, 0.717) is 25.3 Å². The molecule has 2 fully saturated rings. The van der Waals surface area contributed by atoms with Gasteiger partial charge in [-0.3, -0.25) is 9.59 Å². The van der Waals surface area contributed by atoms with E-state index in [-0.39, 0.29) is 24.2 Å². The van der Waals surface area contributed by atoms with E-state index in [1.165, 1.54) is 23.5 Å². The Morgan fingerprint density at radius 2 is 2.00 bits per heavy atom. The first-order chi connectivity index (χ1) is 13.0. The number of hydrogen-bond acceptors (Lipinski definition) is 4. The van der Waals surface area contributed by atoms with Crippen molar-refractivity contribution in [1.82, 2.24) is 4.90 Å². The quantitative estimate of drug-likeness (QED) is 0.794. The van der Waals surface area contributed by atoms with Crippen LogP contribution in [0.3, 0.4) is 0 Å². The summed E-state index contributed by atoms with van der Waals surface area (Å²) >= 11 is 1.45. The van der Waals surface area contributed by atoms with Crippen molar-refractivity contribution in [3.8, 4) is 0 Å². The van der Waals surface area contributed by atoms with E-state index >= 15 is 0 Å². The highest BCUT2D eigenvalue weighted by Gasteiger charge is 2.44. The van der Waals surface area contributed by atoms with Crippen LogP contribution in [-0.4, -0.2) is 48.6 Å². The van der Waals surface area contributed by atoms with Crippen LogP contribution < -0.4 is 4.90 Å². The first-order valence-corrected chi connectivity index (χ1v) is 9.89. The smallest absolute Gasteiger partial charge is 0.264 e. The number of piperidine rings is 1. The lowest BCUT2D eigenvalue weighted by atomic mass is 9.90. The molecule has 142 valence electrons. The maximum atomic E-state index is 13.2. The molecule has 1 aromatic heterocycles. The molecule has 0 N–H and O–H groups in total. The van der Waals surface area contributed by atoms with E-state index in [0.717, 1.165) is 23.3 Å². The minimum atomic E-state index is -0.582. The summed E-state index contributed by atoms with van der Waals surface area (Å²) in [7, 11) is 0. The summed E-state index contributed by atoms with van der Waals surface area (Å²) in [5.41, 5.74) is 1.06. The van der Waals surface area contributed by atoms with Crippen molar-refractivity contribution < 1.29 is 18.7 Å². The molecule has 2 aliphatic heterocycles. The van der Waals surface area contributed by atoms with Crippen LogP contribution in [0.15, 0.2) is 35.7 Å². The predicted octanol–water partition coefficient (Wildman–Crippen LogP) is 3.23. The van der Waals surface area contributed by atoms with Crippen LogP contribution in [0.1, 0.15) is 28.1 Å². The van der Waals surface area contributed by atoms with Gasteiger partial charge in [0.1, 0.15) is 18.0 Å². The van der Waals surface area contributed by atoms with Crippen molar-refractivity contribution in [3.05, 3.63) is 52.0 Å². The summed E-state index contributed by atoms with van der Waals surface area (Å²) in [6, 6.07) is 7.85. The number of ether oxygens (including phenoxy) is 1. The first kappa shape index (κ1) is 18.1. The molecule has 4 rings (SSSR count). The molecule has 0 radical (unpaired) electrons. The summed E-state index contributed by atoms with van der Waals surface area (Å²) in [5, 5.41) is 1.92. The van der Waals surface area contributed by atoms with Gasteiger partial charge >= 0.3 is 0 Å². The SMILES string of the molecule is Cc1ccsc1C(=O)N1CCCC2(C1)CN(c1ccc(F)cc1)C(=O)CO2. The molecule has 2 saturated heterocycles. The van der Waals surface area contributed by atoms with Crippen LogP contribution >= 0.6 is 11.3 Å². The zero-order chi connectivity index (χ0) is 19.0. The van der Waals surface area contributed by atoms with Crippen molar-refractivity contribution in [1.29, 1.82) is 0 Å². The van der Waals surface area contributed by atoms with Gasteiger partial charge < -0.3 is 14.5 Å². The summed E-state index contributed by atoms with van der Waals surface area (Å²) < 4.78 is 19.2. The van der Waals surface area contributed by atoms with E-state index < -0.39 is 5.60 Å². The maximum Gasteiger partial charge on any atom is 0.264 e. The summed E-state index contributed by atoms with van der Waals surface area (Å²) in [5.74, 6) is -0.463. The van der Waals surface area contributed by atoms with E-state index in [4.69, 9.17) is 4.74 Å². The molecular formula is C20H21FN2O3S. The molecule has 27 heavy (non-hydrogen) atoms. The number of rotatable bonds is 2. The summed E-state index contributed by atoms with van der Waals surface area (Å²) in [6.07, 6.45) is 1.60. The predicted molar refractivity (Wildman–Crippen MR) is 102 cm³/mol. The molecule has 0 bridgehead atoms. The fourth-order valence-electron chi connectivity index (χ4n) is 3.82. The second kappa shape index (κ2) is 7.05. The number of likely N-dealkylation sites (tertiary alicyclic amines) is 1. The number of aryl methyl sites for hydroxylation is 1. The van der Waals surface area contributed by atoms with Crippen LogP contribution in [0.2, 0.25) is 0 Å². The van der Waals surface area contributed by atoms with Crippen molar-refractivity contribution in [3.63, 3.8) is 0 Å². The lowest BCUT2D eigenvalue weighted by Gasteiger charge is -2.47. The fourth-order valence-corrected chi connectivity index (χ4v) is 4.72. The van der Waals surface area contributed by atoms with Gasteiger partial charge in [0.15, 0.2) is 0 Å². The Bertz CT molecular complexity index is 866. The summed E-state index contributed by atoms with van der Waals surface area (Å²) in [4.78, 5) is 29.5. The number of thiophene rings is 1. The molecule has 1 spiro atoms.